The first-order valence-electron chi connectivity index (χ1n) is 8.84. The maximum Gasteiger partial charge on any atom is 0.244 e. The molecule has 0 saturated carbocycles. The van der Waals surface area contributed by atoms with Crippen LogP contribution in [0.5, 0.6) is 0 Å². The Hall–Kier alpha value is -3.03. The Bertz CT molecular complexity index is 853. The van der Waals surface area contributed by atoms with Crippen LogP contribution in [0.1, 0.15) is 20.8 Å². The molecule has 28 heavy (non-hydrogen) atoms. The van der Waals surface area contributed by atoms with Gasteiger partial charge in [-0.3, -0.25) is 9.59 Å². The van der Waals surface area contributed by atoms with Crippen LogP contribution in [-0.4, -0.2) is 31.4 Å². The van der Waals surface area contributed by atoms with Gasteiger partial charge in [-0.2, -0.15) is 0 Å². The van der Waals surface area contributed by atoms with Crippen LogP contribution in [0.15, 0.2) is 36.4 Å². The molecule has 2 amide bonds. The summed E-state index contributed by atoms with van der Waals surface area (Å²) in [5, 5.41) is 2.16. The molecule has 0 bridgehead atoms. The lowest BCUT2D eigenvalue weighted by atomic mass is 10.2. The highest BCUT2D eigenvalue weighted by molar-refractivity contribution is 6.01. The summed E-state index contributed by atoms with van der Waals surface area (Å²) in [5.74, 6) is -5.65. The first-order chi connectivity index (χ1) is 13.3. The van der Waals surface area contributed by atoms with Crippen LogP contribution < -0.4 is 15.1 Å². The van der Waals surface area contributed by atoms with Crippen LogP contribution in [0, 0.1) is 17.5 Å². The minimum Gasteiger partial charge on any atom is -0.372 e. The number of carbonyl (C=O) groups is 2. The molecule has 2 aromatic carbocycles. The first kappa shape index (κ1) is 21.3. The molecule has 0 fully saturated rings. The van der Waals surface area contributed by atoms with Crippen molar-refractivity contribution in [2.45, 2.75) is 20.8 Å². The molecule has 0 atom stereocenters. The van der Waals surface area contributed by atoms with Gasteiger partial charge in [0.15, 0.2) is 17.5 Å². The lowest BCUT2D eigenvalue weighted by Gasteiger charge is -2.24. The number of rotatable bonds is 7. The Morgan fingerprint density at radius 1 is 0.893 bits per heavy atom. The number of nitrogens with zero attached hydrogens (tertiary/aromatic N) is 2. The van der Waals surface area contributed by atoms with Gasteiger partial charge in [-0.25, -0.2) is 13.2 Å². The van der Waals surface area contributed by atoms with E-state index in [4.69, 9.17) is 0 Å². The number of carbonyl (C=O) groups excluding carboxylic acids is 2. The van der Waals surface area contributed by atoms with Crippen LogP contribution in [0.2, 0.25) is 0 Å². The Morgan fingerprint density at radius 2 is 1.46 bits per heavy atom. The summed E-state index contributed by atoms with van der Waals surface area (Å²) in [4.78, 5) is 27.5. The lowest BCUT2D eigenvalue weighted by molar-refractivity contribution is -0.120. The molecule has 2 aromatic rings. The van der Waals surface area contributed by atoms with Gasteiger partial charge in [0, 0.05) is 31.4 Å². The monoisotopic (exact) mass is 393 g/mol. The van der Waals surface area contributed by atoms with Gasteiger partial charge in [0.1, 0.15) is 6.54 Å². The van der Waals surface area contributed by atoms with Crippen molar-refractivity contribution >= 4 is 28.9 Å². The van der Waals surface area contributed by atoms with E-state index in [1.54, 1.807) is 12.1 Å². The van der Waals surface area contributed by atoms with Gasteiger partial charge in [0.25, 0.3) is 0 Å². The van der Waals surface area contributed by atoms with E-state index in [0.29, 0.717) is 11.8 Å². The van der Waals surface area contributed by atoms with Gasteiger partial charge >= 0.3 is 0 Å². The molecule has 0 aliphatic carbocycles. The molecule has 8 heteroatoms. The maximum atomic E-state index is 13.7. The summed E-state index contributed by atoms with van der Waals surface area (Å²) in [7, 11) is 0. The third kappa shape index (κ3) is 4.82. The van der Waals surface area contributed by atoms with E-state index in [1.807, 2.05) is 26.0 Å². The second-order valence-electron chi connectivity index (χ2n) is 6.06. The van der Waals surface area contributed by atoms with Gasteiger partial charge in [-0.1, -0.05) is 0 Å². The largest absolute Gasteiger partial charge is 0.372 e. The van der Waals surface area contributed by atoms with Crippen molar-refractivity contribution in [3.8, 4) is 0 Å². The van der Waals surface area contributed by atoms with Crippen molar-refractivity contribution in [2.24, 2.45) is 0 Å². The van der Waals surface area contributed by atoms with E-state index in [9.17, 15) is 22.8 Å². The average molecular weight is 393 g/mol. The van der Waals surface area contributed by atoms with E-state index in [1.165, 1.54) is 11.8 Å². The summed E-state index contributed by atoms with van der Waals surface area (Å²) in [6.07, 6.45) is 0. The molecule has 0 unspecified atom stereocenters. The second kappa shape index (κ2) is 9.25. The third-order valence-electron chi connectivity index (χ3n) is 4.28. The Balaban J connectivity index is 2.15. The molecular formula is C20H22F3N3O2. The number of hydrogen-bond acceptors (Lipinski definition) is 3. The number of hydrogen-bond donors (Lipinski definition) is 1. The fourth-order valence-electron chi connectivity index (χ4n) is 2.77. The van der Waals surface area contributed by atoms with E-state index < -0.39 is 41.5 Å². The van der Waals surface area contributed by atoms with Crippen LogP contribution >= 0.6 is 0 Å². The molecule has 0 aliphatic heterocycles. The van der Waals surface area contributed by atoms with E-state index in [-0.39, 0.29) is 0 Å². The minimum absolute atomic E-state index is 0.392. The Morgan fingerprint density at radius 3 is 2.00 bits per heavy atom. The summed E-state index contributed by atoms with van der Waals surface area (Å²) in [5.41, 5.74) is 0.971. The number of benzene rings is 2. The summed E-state index contributed by atoms with van der Waals surface area (Å²) < 4.78 is 40.0. The van der Waals surface area contributed by atoms with Crippen molar-refractivity contribution in [1.29, 1.82) is 0 Å². The number of amides is 2. The lowest BCUT2D eigenvalue weighted by Crippen LogP contribution is -2.36. The van der Waals surface area contributed by atoms with Crippen molar-refractivity contribution < 1.29 is 22.8 Å². The van der Waals surface area contributed by atoms with Gasteiger partial charge in [-0.05, 0) is 50.2 Å². The van der Waals surface area contributed by atoms with Crippen LogP contribution in [-0.2, 0) is 9.59 Å². The van der Waals surface area contributed by atoms with Gasteiger partial charge < -0.3 is 15.1 Å². The SMILES string of the molecule is CCN(CC)c1ccc(N(CC(=O)Nc2ccc(F)c(F)c2F)C(C)=O)cc1. The van der Waals surface area contributed by atoms with Gasteiger partial charge in [0.2, 0.25) is 11.8 Å². The molecule has 2 rings (SSSR count). The van der Waals surface area contributed by atoms with E-state index in [2.05, 4.69) is 10.2 Å². The summed E-state index contributed by atoms with van der Waals surface area (Å²) >= 11 is 0. The summed E-state index contributed by atoms with van der Waals surface area (Å²) in [6, 6.07) is 8.72. The Labute approximate surface area is 161 Å². The highest BCUT2D eigenvalue weighted by Crippen LogP contribution is 2.22. The summed E-state index contributed by atoms with van der Waals surface area (Å²) in [6.45, 7) is 6.60. The maximum absolute atomic E-state index is 13.7. The number of halogens is 3. The molecule has 150 valence electrons. The smallest absolute Gasteiger partial charge is 0.244 e. The minimum atomic E-state index is -1.67. The molecule has 0 spiro atoms. The quantitative estimate of drug-likeness (QED) is 0.725. The fraction of sp³-hybridized carbons (Fsp3) is 0.300. The van der Waals surface area contributed by atoms with Crippen LogP contribution in [0.25, 0.3) is 0 Å². The molecule has 0 aromatic heterocycles. The Kier molecular flexibility index (Phi) is 7.03. The molecule has 0 radical (unpaired) electrons. The standard InChI is InChI=1S/C20H22F3N3O2/c1-4-25(5-2)14-6-8-15(9-7-14)26(13(3)27)12-18(28)24-17-11-10-16(21)19(22)20(17)23/h6-11H,4-5,12H2,1-3H3,(H,24,28). The van der Waals surface area contributed by atoms with Gasteiger partial charge in [0.05, 0.1) is 5.69 Å². The van der Waals surface area contributed by atoms with Crippen molar-refractivity contribution in [2.75, 3.05) is 34.8 Å². The fourth-order valence-corrected chi connectivity index (χ4v) is 2.77. The molecule has 5 nitrogen and oxygen atoms in total. The highest BCUT2D eigenvalue weighted by atomic mass is 19.2. The third-order valence-corrected chi connectivity index (χ3v) is 4.28. The predicted octanol–water partition coefficient (Wildman–Crippen LogP) is 3.94. The first-order valence-corrected chi connectivity index (χ1v) is 8.84. The average Bonchev–Trinajstić information content (AvgIpc) is 2.68. The zero-order chi connectivity index (χ0) is 20.8. The second-order valence-corrected chi connectivity index (χ2v) is 6.06. The van der Waals surface area contributed by atoms with Gasteiger partial charge in [-0.15, -0.1) is 0 Å². The molecule has 0 saturated heterocycles. The van der Waals surface area contributed by atoms with E-state index in [0.717, 1.165) is 24.8 Å². The van der Waals surface area contributed by atoms with Crippen molar-refractivity contribution in [3.05, 3.63) is 53.8 Å². The molecule has 0 aliphatic rings. The molecule has 0 heterocycles. The van der Waals surface area contributed by atoms with Crippen LogP contribution in [0.4, 0.5) is 30.2 Å². The molecular weight excluding hydrogens is 371 g/mol. The van der Waals surface area contributed by atoms with Crippen molar-refractivity contribution in [1.82, 2.24) is 0 Å². The number of nitrogens with one attached hydrogen (secondary N) is 1. The highest BCUT2D eigenvalue weighted by Gasteiger charge is 2.19. The molecule has 1 N–H and O–H groups in total. The normalized spacial score (nSPS) is 10.5. The zero-order valence-electron chi connectivity index (χ0n) is 15.9. The predicted molar refractivity (Wildman–Crippen MR) is 103 cm³/mol. The van der Waals surface area contributed by atoms with E-state index >= 15 is 0 Å². The topological polar surface area (TPSA) is 52.6 Å². The number of anilines is 3. The zero-order valence-corrected chi connectivity index (χ0v) is 15.9. The van der Waals surface area contributed by atoms with Crippen LogP contribution in [0.3, 0.4) is 0 Å². The van der Waals surface area contributed by atoms with Crippen molar-refractivity contribution in [3.63, 3.8) is 0 Å².